The standard InChI is InChI=1S/C50H39N/c1-49(2)45-30-37(24-28-41(45)43-26-20-34-14-8-10-16-39(34)47(43)49)51(36-22-18-33(19-23-36)32-12-6-5-7-13-32)38-25-29-42-44-27-21-35-15-9-11-17-40(35)48(44)50(3,4)46(42)31-38/h5-31H,1-4H3. The molecule has 0 aromatic heterocycles. The number of fused-ring (bicyclic) bond motifs is 10. The predicted octanol–water partition coefficient (Wildman–Crippen LogP) is 13.7. The van der Waals surface area contributed by atoms with Crippen molar-refractivity contribution in [1.82, 2.24) is 0 Å². The molecule has 10 rings (SSSR count). The Bertz CT molecular complexity index is 2530. The van der Waals surface area contributed by atoms with Gasteiger partial charge in [-0.1, -0.05) is 155 Å². The van der Waals surface area contributed by atoms with Gasteiger partial charge in [-0.15, -0.1) is 0 Å². The number of nitrogens with zero attached hydrogens (tertiary/aromatic N) is 1. The summed E-state index contributed by atoms with van der Waals surface area (Å²) in [5, 5.41) is 5.29. The van der Waals surface area contributed by atoms with E-state index in [-0.39, 0.29) is 10.8 Å². The zero-order chi connectivity index (χ0) is 34.5. The van der Waals surface area contributed by atoms with E-state index in [9.17, 15) is 0 Å². The van der Waals surface area contributed by atoms with Crippen molar-refractivity contribution < 1.29 is 0 Å². The molecule has 0 radical (unpaired) electrons. The maximum Gasteiger partial charge on any atom is 0.0465 e. The molecule has 51 heavy (non-hydrogen) atoms. The Morgan fingerprint density at radius 2 is 0.765 bits per heavy atom. The molecule has 0 unspecified atom stereocenters. The molecule has 0 heterocycles. The summed E-state index contributed by atoms with van der Waals surface area (Å²) in [4.78, 5) is 2.46. The van der Waals surface area contributed by atoms with Gasteiger partial charge in [0.25, 0.3) is 0 Å². The Balaban J connectivity index is 1.15. The minimum atomic E-state index is -0.146. The summed E-state index contributed by atoms with van der Waals surface area (Å²) in [6.07, 6.45) is 0. The average Bonchev–Trinajstić information content (AvgIpc) is 3.55. The number of rotatable bonds is 4. The normalized spacial score (nSPS) is 14.6. The molecule has 8 aromatic carbocycles. The summed E-state index contributed by atoms with van der Waals surface area (Å²) in [6, 6.07) is 60.9. The Hall–Kier alpha value is -5.92. The molecule has 1 heteroatoms. The number of hydrogen-bond acceptors (Lipinski definition) is 1. The van der Waals surface area contributed by atoms with Crippen molar-refractivity contribution in [2.75, 3.05) is 4.90 Å². The van der Waals surface area contributed by atoms with Crippen molar-refractivity contribution in [3.8, 4) is 33.4 Å². The monoisotopic (exact) mass is 653 g/mol. The molecule has 244 valence electrons. The van der Waals surface area contributed by atoms with Crippen LogP contribution in [0.3, 0.4) is 0 Å². The predicted molar refractivity (Wildman–Crippen MR) is 217 cm³/mol. The highest BCUT2D eigenvalue weighted by Crippen LogP contribution is 2.55. The lowest BCUT2D eigenvalue weighted by molar-refractivity contribution is 0.666. The van der Waals surface area contributed by atoms with Gasteiger partial charge in [0.1, 0.15) is 0 Å². The molecule has 0 saturated heterocycles. The van der Waals surface area contributed by atoms with Gasteiger partial charge in [0.15, 0.2) is 0 Å². The molecule has 2 aliphatic rings. The van der Waals surface area contributed by atoms with Gasteiger partial charge in [0, 0.05) is 27.9 Å². The molecular weight excluding hydrogens is 615 g/mol. The van der Waals surface area contributed by atoms with Crippen LogP contribution >= 0.6 is 0 Å². The molecule has 2 aliphatic carbocycles. The molecule has 0 saturated carbocycles. The largest absolute Gasteiger partial charge is 0.310 e. The molecular formula is C50H39N. The van der Waals surface area contributed by atoms with Crippen molar-refractivity contribution >= 4 is 38.6 Å². The maximum atomic E-state index is 2.46. The van der Waals surface area contributed by atoms with E-state index in [1.54, 1.807) is 0 Å². The minimum Gasteiger partial charge on any atom is -0.310 e. The van der Waals surface area contributed by atoms with Gasteiger partial charge in [-0.3, -0.25) is 0 Å². The summed E-state index contributed by atoms with van der Waals surface area (Å²) < 4.78 is 0. The second kappa shape index (κ2) is 10.8. The van der Waals surface area contributed by atoms with Gasteiger partial charge in [0.2, 0.25) is 0 Å². The van der Waals surface area contributed by atoms with E-state index in [1.807, 2.05) is 0 Å². The van der Waals surface area contributed by atoms with Crippen LogP contribution in [0.2, 0.25) is 0 Å². The van der Waals surface area contributed by atoms with Crippen molar-refractivity contribution in [2.45, 2.75) is 38.5 Å². The van der Waals surface area contributed by atoms with Crippen molar-refractivity contribution in [3.63, 3.8) is 0 Å². The first-order chi connectivity index (χ1) is 24.8. The molecule has 0 atom stereocenters. The molecule has 1 nitrogen and oxygen atoms in total. The van der Waals surface area contributed by atoms with Crippen LogP contribution in [0.5, 0.6) is 0 Å². The van der Waals surface area contributed by atoms with Crippen LogP contribution in [0, 0.1) is 0 Å². The molecule has 0 spiro atoms. The fraction of sp³-hybridized carbons (Fsp3) is 0.120. The zero-order valence-corrected chi connectivity index (χ0v) is 29.5. The lowest BCUT2D eigenvalue weighted by atomic mass is 9.80. The van der Waals surface area contributed by atoms with E-state index < -0.39 is 0 Å². The highest BCUT2D eigenvalue weighted by molar-refractivity contribution is 6.00. The second-order valence-corrected chi connectivity index (χ2v) is 15.4. The molecule has 0 aliphatic heterocycles. The van der Waals surface area contributed by atoms with E-state index >= 15 is 0 Å². The van der Waals surface area contributed by atoms with E-state index in [0.29, 0.717) is 0 Å². The van der Waals surface area contributed by atoms with Crippen molar-refractivity contribution in [2.24, 2.45) is 0 Å². The Morgan fingerprint density at radius 1 is 0.353 bits per heavy atom. The third-order valence-electron chi connectivity index (χ3n) is 11.8. The number of anilines is 3. The number of benzene rings is 8. The highest BCUT2D eigenvalue weighted by atomic mass is 15.1. The fourth-order valence-corrected chi connectivity index (χ4v) is 9.34. The Kier molecular flexibility index (Phi) is 6.34. The zero-order valence-electron chi connectivity index (χ0n) is 29.5. The topological polar surface area (TPSA) is 3.24 Å². The second-order valence-electron chi connectivity index (χ2n) is 15.4. The van der Waals surface area contributed by atoms with Crippen LogP contribution in [-0.4, -0.2) is 0 Å². The fourth-order valence-electron chi connectivity index (χ4n) is 9.34. The van der Waals surface area contributed by atoms with Crippen LogP contribution in [0.25, 0.3) is 54.9 Å². The van der Waals surface area contributed by atoms with Gasteiger partial charge in [-0.05, 0) is 114 Å². The van der Waals surface area contributed by atoms with Gasteiger partial charge in [-0.2, -0.15) is 0 Å². The smallest absolute Gasteiger partial charge is 0.0465 e. The van der Waals surface area contributed by atoms with Gasteiger partial charge >= 0.3 is 0 Å². The van der Waals surface area contributed by atoms with E-state index in [2.05, 4.69) is 196 Å². The van der Waals surface area contributed by atoms with E-state index in [4.69, 9.17) is 0 Å². The van der Waals surface area contributed by atoms with Gasteiger partial charge in [-0.25, -0.2) is 0 Å². The average molecular weight is 654 g/mol. The molecule has 8 aromatic rings. The van der Waals surface area contributed by atoms with Crippen LogP contribution in [-0.2, 0) is 10.8 Å². The van der Waals surface area contributed by atoms with Crippen LogP contribution in [0.15, 0.2) is 164 Å². The van der Waals surface area contributed by atoms with Crippen LogP contribution < -0.4 is 4.90 Å². The molecule has 0 amide bonds. The quantitative estimate of drug-likeness (QED) is 0.183. The molecule has 0 N–H and O–H groups in total. The van der Waals surface area contributed by atoms with Crippen LogP contribution in [0.4, 0.5) is 17.1 Å². The van der Waals surface area contributed by atoms with Crippen LogP contribution in [0.1, 0.15) is 49.9 Å². The van der Waals surface area contributed by atoms with Gasteiger partial charge in [0.05, 0.1) is 0 Å². The van der Waals surface area contributed by atoms with Crippen molar-refractivity contribution in [1.29, 1.82) is 0 Å². The minimum absolute atomic E-state index is 0.146. The number of hydrogen-bond donors (Lipinski definition) is 0. The Morgan fingerprint density at radius 3 is 1.27 bits per heavy atom. The first-order valence-corrected chi connectivity index (χ1v) is 18.1. The first kappa shape index (κ1) is 29.9. The lowest BCUT2D eigenvalue weighted by Gasteiger charge is -2.30. The lowest BCUT2D eigenvalue weighted by Crippen LogP contribution is -2.18. The summed E-state index contributed by atoms with van der Waals surface area (Å²) in [5.74, 6) is 0. The van der Waals surface area contributed by atoms with E-state index in [1.165, 1.54) is 88.6 Å². The summed E-state index contributed by atoms with van der Waals surface area (Å²) in [7, 11) is 0. The highest BCUT2D eigenvalue weighted by Gasteiger charge is 2.39. The molecule has 0 fully saturated rings. The summed E-state index contributed by atoms with van der Waals surface area (Å²) >= 11 is 0. The summed E-state index contributed by atoms with van der Waals surface area (Å²) in [5.41, 5.74) is 16.6. The Labute approximate surface area is 300 Å². The van der Waals surface area contributed by atoms with Gasteiger partial charge < -0.3 is 4.90 Å². The first-order valence-electron chi connectivity index (χ1n) is 18.1. The molecule has 0 bridgehead atoms. The maximum absolute atomic E-state index is 2.46. The summed E-state index contributed by atoms with van der Waals surface area (Å²) in [6.45, 7) is 9.58. The van der Waals surface area contributed by atoms with Crippen molar-refractivity contribution in [3.05, 3.63) is 186 Å². The van der Waals surface area contributed by atoms with E-state index in [0.717, 1.165) is 5.69 Å². The third kappa shape index (κ3) is 4.34. The third-order valence-corrected chi connectivity index (χ3v) is 11.8. The SMILES string of the molecule is CC1(C)c2cc(N(c3ccc(-c4ccccc4)cc3)c3ccc4c(c3)C(C)(C)c3c-4ccc4ccccc34)ccc2-c2ccc3ccccc3c21.